The summed E-state index contributed by atoms with van der Waals surface area (Å²) < 4.78 is 6.13. The van der Waals surface area contributed by atoms with E-state index in [4.69, 9.17) is 4.74 Å². The summed E-state index contributed by atoms with van der Waals surface area (Å²) in [6, 6.07) is 8.42. The van der Waals surface area contributed by atoms with Gasteiger partial charge in [0.2, 0.25) is 0 Å². The predicted octanol–water partition coefficient (Wildman–Crippen LogP) is 2.99. The molecule has 0 radical (unpaired) electrons. The molecule has 0 amide bonds. The molecule has 146 valence electrons. The molecule has 1 aromatic rings. The Morgan fingerprint density at radius 2 is 1.77 bits per heavy atom. The third kappa shape index (κ3) is 4.73. The lowest BCUT2D eigenvalue weighted by molar-refractivity contribution is -0.0231. The normalized spacial score (nSPS) is 31.2. The van der Waals surface area contributed by atoms with Gasteiger partial charge in [0, 0.05) is 13.1 Å². The molecule has 0 unspecified atom stereocenters. The van der Waals surface area contributed by atoms with E-state index in [1.807, 2.05) is 0 Å². The molecule has 4 rings (SSSR count). The number of aliphatic hydroxyl groups excluding tert-OH is 1. The van der Waals surface area contributed by atoms with Crippen LogP contribution in [-0.2, 0) is 0 Å². The molecule has 1 aliphatic carbocycles. The smallest absolute Gasteiger partial charge is 0.125 e. The van der Waals surface area contributed by atoms with Gasteiger partial charge in [-0.15, -0.1) is 24.8 Å². The maximum atomic E-state index is 10.4. The lowest BCUT2D eigenvalue weighted by Crippen LogP contribution is -2.42. The Labute approximate surface area is 168 Å². The minimum absolute atomic E-state index is 0. The molecule has 1 aromatic carbocycles. The Bertz CT molecular complexity index is 608. The number of likely N-dealkylation sites (N-methyl/N-ethyl adjacent to an activating group) is 1. The van der Waals surface area contributed by atoms with Crippen molar-refractivity contribution in [2.45, 2.75) is 31.5 Å². The highest BCUT2D eigenvalue weighted by Crippen LogP contribution is 2.35. The van der Waals surface area contributed by atoms with Crippen LogP contribution in [0, 0.1) is 11.8 Å². The Balaban J connectivity index is 0.00000121. The van der Waals surface area contributed by atoms with Gasteiger partial charge in [-0.05, 0) is 74.5 Å². The molecule has 1 saturated carbocycles. The Kier molecular flexibility index (Phi) is 7.80. The van der Waals surface area contributed by atoms with E-state index >= 15 is 0 Å². The summed E-state index contributed by atoms with van der Waals surface area (Å²) in [5.41, 5.74) is 2.72. The molecular formula is C20H30Cl2N2O2. The molecule has 26 heavy (non-hydrogen) atoms. The van der Waals surface area contributed by atoms with E-state index in [0.29, 0.717) is 11.8 Å². The molecule has 6 heteroatoms. The average molecular weight is 401 g/mol. The molecule has 0 bridgehead atoms. The molecule has 2 aliphatic heterocycles. The number of hydrogen-bond acceptors (Lipinski definition) is 4. The summed E-state index contributed by atoms with van der Waals surface area (Å²) in [5, 5.41) is 13.8. The Morgan fingerprint density at radius 1 is 1.08 bits per heavy atom. The number of ether oxygens (including phenoxy) is 1. The quantitative estimate of drug-likeness (QED) is 0.818. The van der Waals surface area contributed by atoms with Gasteiger partial charge in [0.05, 0.1) is 6.10 Å². The van der Waals surface area contributed by atoms with Crippen molar-refractivity contribution in [3.8, 4) is 5.75 Å². The minimum atomic E-state index is -0.345. The molecule has 2 heterocycles. The molecule has 0 spiro atoms. The van der Waals surface area contributed by atoms with Crippen molar-refractivity contribution < 1.29 is 9.84 Å². The summed E-state index contributed by atoms with van der Waals surface area (Å²) in [5.74, 6) is 2.15. The Morgan fingerprint density at radius 3 is 2.42 bits per heavy atom. The number of benzene rings is 1. The Hall–Kier alpha value is -0.780. The van der Waals surface area contributed by atoms with Crippen molar-refractivity contribution in [1.29, 1.82) is 0 Å². The fourth-order valence-electron chi connectivity index (χ4n) is 4.34. The summed E-state index contributed by atoms with van der Waals surface area (Å²) >= 11 is 0. The van der Waals surface area contributed by atoms with Crippen LogP contribution in [0.15, 0.2) is 30.3 Å². The van der Waals surface area contributed by atoms with Crippen LogP contribution in [0.3, 0.4) is 0 Å². The number of hydrogen-bond donors (Lipinski definition) is 2. The number of fused-ring (bicyclic) bond motifs is 1. The van der Waals surface area contributed by atoms with Crippen LogP contribution in [0.5, 0.6) is 5.75 Å². The number of aliphatic hydroxyl groups is 1. The van der Waals surface area contributed by atoms with E-state index < -0.39 is 0 Å². The zero-order valence-electron chi connectivity index (χ0n) is 15.3. The minimum Gasteiger partial charge on any atom is -0.488 e. The van der Waals surface area contributed by atoms with Gasteiger partial charge in [-0.2, -0.15) is 0 Å². The fourth-order valence-corrected chi connectivity index (χ4v) is 4.34. The zero-order chi connectivity index (χ0) is 16.5. The maximum absolute atomic E-state index is 10.4. The van der Waals surface area contributed by atoms with Crippen molar-refractivity contribution in [3.05, 3.63) is 35.9 Å². The largest absolute Gasteiger partial charge is 0.488 e. The fraction of sp³-hybridized carbons (Fsp3) is 0.600. The zero-order valence-corrected chi connectivity index (χ0v) is 16.9. The van der Waals surface area contributed by atoms with Gasteiger partial charge in [0.25, 0.3) is 0 Å². The van der Waals surface area contributed by atoms with Crippen LogP contribution < -0.4 is 10.1 Å². The molecule has 2 N–H and O–H groups in total. The van der Waals surface area contributed by atoms with E-state index in [9.17, 15) is 5.11 Å². The summed E-state index contributed by atoms with van der Waals surface area (Å²) in [6.45, 7) is 4.26. The first-order chi connectivity index (χ1) is 11.7. The van der Waals surface area contributed by atoms with Crippen molar-refractivity contribution >= 4 is 30.4 Å². The maximum Gasteiger partial charge on any atom is 0.125 e. The van der Waals surface area contributed by atoms with Crippen molar-refractivity contribution in [2.24, 2.45) is 11.8 Å². The number of nitrogens with zero attached hydrogens (tertiary/aromatic N) is 1. The number of halogens is 2. The molecule has 4 atom stereocenters. The predicted molar refractivity (Wildman–Crippen MR) is 111 cm³/mol. The molecule has 0 aromatic heterocycles. The van der Waals surface area contributed by atoms with Gasteiger partial charge < -0.3 is 20.1 Å². The van der Waals surface area contributed by atoms with Crippen molar-refractivity contribution in [1.82, 2.24) is 10.2 Å². The van der Waals surface area contributed by atoms with Gasteiger partial charge in [-0.25, -0.2) is 0 Å². The van der Waals surface area contributed by atoms with E-state index in [1.54, 1.807) is 0 Å². The van der Waals surface area contributed by atoms with Gasteiger partial charge in [0.15, 0.2) is 0 Å². The second-order valence-corrected chi connectivity index (χ2v) is 7.64. The first-order valence-corrected chi connectivity index (χ1v) is 9.22. The third-order valence-electron chi connectivity index (χ3n) is 5.91. The summed E-state index contributed by atoms with van der Waals surface area (Å²) in [4.78, 5) is 2.33. The molecular weight excluding hydrogens is 371 g/mol. The monoisotopic (exact) mass is 400 g/mol. The van der Waals surface area contributed by atoms with Gasteiger partial charge in [0.1, 0.15) is 11.9 Å². The summed E-state index contributed by atoms with van der Waals surface area (Å²) in [6.07, 6.45) is 4.83. The van der Waals surface area contributed by atoms with Crippen LogP contribution >= 0.6 is 24.8 Å². The van der Waals surface area contributed by atoms with Crippen molar-refractivity contribution in [2.75, 3.05) is 33.2 Å². The highest BCUT2D eigenvalue weighted by molar-refractivity contribution is 5.85. The van der Waals surface area contributed by atoms with E-state index in [-0.39, 0.29) is 37.0 Å². The van der Waals surface area contributed by atoms with Gasteiger partial charge in [-0.3, -0.25) is 0 Å². The molecule has 1 saturated heterocycles. The van der Waals surface area contributed by atoms with E-state index in [0.717, 1.165) is 51.2 Å². The highest BCUT2D eigenvalue weighted by atomic mass is 35.5. The van der Waals surface area contributed by atoms with Crippen LogP contribution in [-0.4, -0.2) is 55.4 Å². The second kappa shape index (κ2) is 9.43. The number of rotatable bonds is 3. The highest BCUT2D eigenvalue weighted by Gasteiger charge is 2.39. The lowest BCUT2D eigenvalue weighted by atomic mass is 9.78. The first kappa shape index (κ1) is 21.5. The summed E-state index contributed by atoms with van der Waals surface area (Å²) in [7, 11) is 2.16. The standard InChI is InChI=1S/C20H28N2O2.2ClH/c1-22-8-6-15(7-9-22)14-2-4-18(5-3-14)24-20-11-17-13-21-12-16(17)10-19(20)23;;/h2-6,16-17,19-21,23H,7-13H2,1H3;2*1H/t16-,17+,19+,20+;;/m0../s1. The average Bonchev–Trinajstić information content (AvgIpc) is 3.04. The third-order valence-corrected chi connectivity index (χ3v) is 5.91. The van der Waals surface area contributed by atoms with Crippen LogP contribution in [0.2, 0.25) is 0 Å². The van der Waals surface area contributed by atoms with E-state index in [1.165, 1.54) is 11.1 Å². The van der Waals surface area contributed by atoms with E-state index in [2.05, 4.69) is 47.6 Å². The van der Waals surface area contributed by atoms with Crippen LogP contribution in [0.1, 0.15) is 24.8 Å². The molecule has 3 aliphatic rings. The van der Waals surface area contributed by atoms with Gasteiger partial charge in [-0.1, -0.05) is 18.2 Å². The lowest BCUT2D eigenvalue weighted by Gasteiger charge is -2.35. The van der Waals surface area contributed by atoms with Crippen LogP contribution in [0.4, 0.5) is 0 Å². The van der Waals surface area contributed by atoms with Gasteiger partial charge >= 0.3 is 0 Å². The van der Waals surface area contributed by atoms with Crippen molar-refractivity contribution in [3.63, 3.8) is 0 Å². The molecule has 4 nitrogen and oxygen atoms in total. The topological polar surface area (TPSA) is 44.7 Å². The first-order valence-electron chi connectivity index (χ1n) is 9.22. The second-order valence-electron chi connectivity index (χ2n) is 7.64. The van der Waals surface area contributed by atoms with Crippen LogP contribution in [0.25, 0.3) is 5.57 Å². The number of nitrogens with one attached hydrogen (secondary N) is 1. The molecule has 2 fully saturated rings. The SMILES string of the molecule is CN1CC=C(c2ccc(O[C@@H]3C[C@@H]4CNC[C@@H]4C[C@H]3O)cc2)CC1.Cl.Cl.